The molecule has 1 aliphatic carbocycles. The van der Waals surface area contributed by atoms with Crippen LogP contribution < -0.4 is 10.2 Å². The number of anilines is 3. The Labute approximate surface area is 194 Å². The van der Waals surface area contributed by atoms with Crippen molar-refractivity contribution in [1.82, 2.24) is 29.9 Å². The van der Waals surface area contributed by atoms with Gasteiger partial charge in [-0.3, -0.25) is 14.6 Å². The first-order valence-corrected chi connectivity index (χ1v) is 12.0. The number of H-pyrrole nitrogens is 1. The average Bonchev–Trinajstić information content (AvgIpc) is 3.58. The predicted octanol–water partition coefficient (Wildman–Crippen LogP) is 3.46. The molecule has 2 N–H and O–H groups in total. The fourth-order valence-electron chi connectivity index (χ4n) is 4.87. The van der Waals surface area contributed by atoms with Crippen LogP contribution in [0.5, 0.6) is 0 Å². The summed E-state index contributed by atoms with van der Waals surface area (Å²) >= 11 is 0. The first-order valence-electron chi connectivity index (χ1n) is 12.0. The summed E-state index contributed by atoms with van der Waals surface area (Å²) in [5, 5.41) is 15.1. The molecule has 0 radical (unpaired) electrons. The molecule has 0 bridgehead atoms. The molecule has 0 spiro atoms. The number of nitrogens with zero attached hydrogens (tertiary/aromatic N) is 6. The van der Waals surface area contributed by atoms with Gasteiger partial charge < -0.3 is 10.2 Å². The standard InChI is InChI=1S/C24H32N8O/c1-15(2)19-14-22(30-29-19)27-23-17-6-4-7-18(17)26-24(28-23)32-13-5-8-20(32)21(33)10-9-16-11-12-25-31(16)3/h11-12,14-15,20H,4-10,13H2,1-3H3,(H2,26,27,28,29,30). The van der Waals surface area contributed by atoms with Gasteiger partial charge in [-0.25, -0.2) is 4.98 Å². The van der Waals surface area contributed by atoms with Gasteiger partial charge in [0.1, 0.15) is 5.82 Å². The second kappa shape index (κ2) is 8.96. The monoisotopic (exact) mass is 448 g/mol. The number of nitrogens with one attached hydrogen (secondary N) is 2. The van der Waals surface area contributed by atoms with E-state index < -0.39 is 0 Å². The summed E-state index contributed by atoms with van der Waals surface area (Å²) in [4.78, 5) is 25.1. The van der Waals surface area contributed by atoms with Gasteiger partial charge in [0.25, 0.3) is 0 Å². The van der Waals surface area contributed by atoms with Crippen LogP contribution in [0.2, 0.25) is 0 Å². The quantitative estimate of drug-likeness (QED) is 0.544. The Morgan fingerprint density at radius 1 is 1.27 bits per heavy atom. The van der Waals surface area contributed by atoms with E-state index >= 15 is 0 Å². The van der Waals surface area contributed by atoms with E-state index in [1.54, 1.807) is 6.20 Å². The van der Waals surface area contributed by atoms with Crippen molar-refractivity contribution in [3.63, 3.8) is 0 Å². The maximum atomic E-state index is 13.2. The molecule has 1 atom stereocenters. The van der Waals surface area contributed by atoms with Gasteiger partial charge in [0.05, 0.1) is 11.7 Å². The number of aromatic nitrogens is 6. The summed E-state index contributed by atoms with van der Waals surface area (Å²) in [5.41, 5.74) is 4.43. The number of ketones is 1. The lowest BCUT2D eigenvalue weighted by Crippen LogP contribution is -2.37. The lowest BCUT2D eigenvalue weighted by molar-refractivity contribution is -0.120. The summed E-state index contributed by atoms with van der Waals surface area (Å²) in [6.07, 6.45) is 7.80. The number of rotatable bonds is 8. The van der Waals surface area contributed by atoms with Crippen LogP contribution in [0.4, 0.5) is 17.6 Å². The minimum Gasteiger partial charge on any atom is -0.331 e. The van der Waals surface area contributed by atoms with Crippen LogP contribution in [0.25, 0.3) is 0 Å². The molecule has 3 aromatic heterocycles. The van der Waals surface area contributed by atoms with Crippen molar-refractivity contribution in [3.8, 4) is 0 Å². The summed E-state index contributed by atoms with van der Waals surface area (Å²) in [5.74, 6) is 2.88. The Morgan fingerprint density at radius 3 is 2.91 bits per heavy atom. The molecule has 0 saturated carbocycles. The zero-order chi connectivity index (χ0) is 22.9. The number of Topliss-reactive ketones (excluding diaryl/α,β-unsaturated/α-hetero) is 1. The highest BCUT2D eigenvalue weighted by molar-refractivity contribution is 5.87. The van der Waals surface area contributed by atoms with Gasteiger partial charge >= 0.3 is 0 Å². The highest BCUT2D eigenvalue weighted by Gasteiger charge is 2.33. The van der Waals surface area contributed by atoms with E-state index in [-0.39, 0.29) is 11.8 Å². The van der Waals surface area contributed by atoms with E-state index in [1.807, 2.05) is 23.9 Å². The first-order chi connectivity index (χ1) is 16.0. The van der Waals surface area contributed by atoms with Crippen molar-refractivity contribution in [2.75, 3.05) is 16.8 Å². The fraction of sp³-hybridized carbons (Fsp3) is 0.542. The van der Waals surface area contributed by atoms with Crippen molar-refractivity contribution >= 4 is 23.4 Å². The average molecular weight is 449 g/mol. The molecule has 0 aromatic carbocycles. The molecule has 1 fully saturated rings. The van der Waals surface area contributed by atoms with Crippen molar-refractivity contribution in [2.45, 2.75) is 70.8 Å². The maximum absolute atomic E-state index is 13.2. The molecule has 33 heavy (non-hydrogen) atoms. The molecule has 4 heterocycles. The van der Waals surface area contributed by atoms with Crippen LogP contribution in [0.1, 0.15) is 68.1 Å². The number of hydrogen-bond donors (Lipinski definition) is 2. The van der Waals surface area contributed by atoms with Crippen LogP contribution in [0.15, 0.2) is 18.3 Å². The summed E-state index contributed by atoms with van der Waals surface area (Å²) in [6, 6.07) is 3.85. The van der Waals surface area contributed by atoms with Crippen molar-refractivity contribution < 1.29 is 4.79 Å². The third kappa shape index (κ3) is 4.36. The molecule has 1 saturated heterocycles. The normalized spacial score (nSPS) is 17.7. The molecular formula is C24H32N8O. The zero-order valence-electron chi connectivity index (χ0n) is 19.6. The van der Waals surface area contributed by atoms with Crippen molar-refractivity contribution in [3.05, 3.63) is 41.0 Å². The Hall–Kier alpha value is -3.23. The van der Waals surface area contributed by atoms with Gasteiger partial charge in [-0.05, 0) is 50.5 Å². The topological polar surface area (TPSA) is 105 Å². The van der Waals surface area contributed by atoms with Crippen LogP contribution in [-0.2, 0) is 31.1 Å². The van der Waals surface area contributed by atoms with Crippen LogP contribution in [0.3, 0.4) is 0 Å². The number of aromatic amines is 1. The van der Waals surface area contributed by atoms with E-state index in [9.17, 15) is 4.79 Å². The smallest absolute Gasteiger partial charge is 0.228 e. The molecule has 3 aromatic rings. The van der Waals surface area contributed by atoms with Gasteiger partial charge in [0.15, 0.2) is 11.6 Å². The van der Waals surface area contributed by atoms with Crippen LogP contribution in [0, 0.1) is 0 Å². The lowest BCUT2D eigenvalue weighted by atomic mass is 10.0. The van der Waals surface area contributed by atoms with Gasteiger partial charge in [0, 0.05) is 49.2 Å². The Kier molecular flexibility index (Phi) is 5.86. The largest absolute Gasteiger partial charge is 0.331 e. The zero-order valence-corrected chi connectivity index (χ0v) is 19.6. The molecule has 1 aliphatic heterocycles. The van der Waals surface area contributed by atoms with E-state index in [2.05, 4.69) is 39.4 Å². The minimum absolute atomic E-state index is 0.163. The third-order valence-corrected chi connectivity index (χ3v) is 6.82. The van der Waals surface area contributed by atoms with Crippen LogP contribution >= 0.6 is 0 Å². The van der Waals surface area contributed by atoms with E-state index in [1.165, 1.54) is 5.56 Å². The highest BCUT2D eigenvalue weighted by atomic mass is 16.1. The maximum Gasteiger partial charge on any atom is 0.228 e. The summed E-state index contributed by atoms with van der Waals surface area (Å²) < 4.78 is 1.83. The second-order valence-corrected chi connectivity index (χ2v) is 9.40. The Morgan fingerprint density at radius 2 is 2.15 bits per heavy atom. The van der Waals surface area contributed by atoms with E-state index in [0.717, 1.165) is 67.4 Å². The summed E-state index contributed by atoms with van der Waals surface area (Å²) in [6.45, 7) is 5.08. The van der Waals surface area contributed by atoms with Crippen molar-refractivity contribution in [2.24, 2.45) is 7.05 Å². The summed E-state index contributed by atoms with van der Waals surface area (Å²) in [7, 11) is 1.91. The second-order valence-electron chi connectivity index (χ2n) is 9.40. The van der Waals surface area contributed by atoms with Crippen LogP contribution in [-0.4, -0.2) is 48.3 Å². The molecular weight excluding hydrogens is 416 g/mol. The number of hydrogen-bond acceptors (Lipinski definition) is 7. The van der Waals surface area contributed by atoms with Gasteiger partial charge in [-0.15, -0.1) is 0 Å². The lowest BCUT2D eigenvalue weighted by Gasteiger charge is -2.25. The van der Waals surface area contributed by atoms with E-state index in [0.29, 0.717) is 24.7 Å². The van der Waals surface area contributed by atoms with Gasteiger partial charge in [0.2, 0.25) is 5.95 Å². The van der Waals surface area contributed by atoms with Crippen molar-refractivity contribution in [1.29, 1.82) is 0 Å². The third-order valence-electron chi connectivity index (χ3n) is 6.82. The molecule has 2 aliphatic rings. The molecule has 5 rings (SSSR count). The predicted molar refractivity (Wildman–Crippen MR) is 127 cm³/mol. The molecule has 1 unspecified atom stereocenters. The molecule has 9 nitrogen and oxygen atoms in total. The number of aryl methyl sites for hydroxylation is 3. The SMILES string of the molecule is CC(C)c1cc(Nc2nc(N3CCCC3C(=O)CCc3ccnn3C)nc3c2CCC3)n[nH]1. The Bertz CT molecular complexity index is 1150. The minimum atomic E-state index is -0.163. The van der Waals surface area contributed by atoms with Gasteiger partial charge in [-0.1, -0.05) is 13.8 Å². The molecule has 9 heteroatoms. The molecule has 174 valence electrons. The number of fused-ring (bicyclic) bond motifs is 1. The number of carbonyl (C=O) groups is 1. The van der Waals surface area contributed by atoms with E-state index in [4.69, 9.17) is 9.97 Å². The Balaban J connectivity index is 1.37. The molecule has 0 amide bonds. The van der Waals surface area contributed by atoms with Gasteiger partial charge in [-0.2, -0.15) is 15.2 Å². The fourth-order valence-corrected chi connectivity index (χ4v) is 4.87. The highest BCUT2D eigenvalue weighted by Crippen LogP contribution is 2.33. The number of carbonyl (C=O) groups excluding carboxylic acids is 1. The first kappa shape index (κ1) is 21.6.